The average molecular weight is 1200 g/mol. The summed E-state index contributed by atoms with van der Waals surface area (Å²) >= 11 is 0. The third-order valence-electron chi connectivity index (χ3n) is 16.9. The Balaban J connectivity index is 0.831. The van der Waals surface area contributed by atoms with Crippen LogP contribution in [0, 0.1) is 17.8 Å². The van der Waals surface area contributed by atoms with E-state index in [-0.39, 0.29) is 98.5 Å². The number of aromatic nitrogens is 1. The number of amides is 10. The van der Waals surface area contributed by atoms with Crippen LogP contribution in [0.15, 0.2) is 103 Å². The normalized spacial score (nSPS) is 21.9. The van der Waals surface area contributed by atoms with Crippen LogP contribution < -0.4 is 32.3 Å². The molecule has 450 valence electrons. The molecule has 10 N–H and O–H groups in total. The van der Waals surface area contributed by atoms with Crippen molar-refractivity contribution in [1.29, 1.82) is 0 Å². The molecule has 86 heavy (non-hydrogen) atoms. The number of halogens is 2. The van der Waals surface area contributed by atoms with Crippen LogP contribution in [-0.4, -0.2) is 132 Å². The lowest BCUT2D eigenvalue weighted by Gasteiger charge is -2.39. The molecule has 4 aromatic carbocycles. The van der Waals surface area contributed by atoms with Crippen LogP contribution in [0.25, 0.3) is 10.9 Å². The lowest BCUT2D eigenvalue weighted by atomic mass is 9.84. The number of benzene rings is 4. The van der Waals surface area contributed by atoms with Crippen molar-refractivity contribution >= 4 is 71.8 Å². The third kappa shape index (κ3) is 13.2. The number of hydrogen-bond donors (Lipinski definition) is 9. The molecule has 4 fully saturated rings. The highest BCUT2D eigenvalue weighted by Gasteiger charge is 2.51. The van der Waals surface area contributed by atoms with Gasteiger partial charge in [0.05, 0.1) is 12.6 Å². The summed E-state index contributed by atoms with van der Waals surface area (Å²) in [6, 6.07) is 20.7. The number of carbonyl (C=O) groups excluding carboxylic acids is 9. The number of rotatable bonds is 16. The van der Waals surface area contributed by atoms with Gasteiger partial charge >= 0.3 is 19.3 Å². The average Bonchev–Trinajstić information content (AvgIpc) is 2.99. The fourth-order valence-electron chi connectivity index (χ4n) is 12.3. The van der Waals surface area contributed by atoms with E-state index in [0.29, 0.717) is 36.8 Å². The molecule has 10 rings (SSSR count). The Hall–Kier alpha value is -8.78. The molecular weight excluding hydrogens is 1130 g/mol. The van der Waals surface area contributed by atoms with Gasteiger partial charge in [-0.25, -0.2) is 4.79 Å². The van der Waals surface area contributed by atoms with E-state index in [1.54, 1.807) is 12.1 Å². The van der Waals surface area contributed by atoms with Crippen molar-refractivity contribution in [2.75, 3.05) is 13.1 Å². The van der Waals surface area contributed by atoms with Gasteiger partial charge in [0.1, 0.15) is 29.9 Å². The van der Waals surface area contributed by atoms with E-state index in [1.165, 1.54) is 20.8 Å². The zero-order valence-electron chi connectivity index (χ0n) is 46.6. The Morgan fingerprint density at radius 2 is 1.52 bits per heavy atom. The largest absolute Gasteiger partial charge is 0.399 e. The van der Waals surface area contributed by atoms with Crippen molar-refractivity contribution in [1.82, 2.24) is 46.3 Å². The van der Waals surface area contributed by atoms with E-state index in [2.05, 4.69) is 43.4 Å². The van der Waals surface area contributed by atoms with E-state index in [9.17, 15) is 61.5 Å². The van der Waals surface area contributed by atoms with Crippen molar-refractivity contribution in [3.8, 4) is 11.8 Å². The molecule has 5 heterocycles. The Kier molecular flexibility index (Phi) is 17.8. The van der Waals surface area contributed by atoms with Crippen LogP contribution >= 0.6 is 7.60 Å². The maximum Gasteiger partial charge on any atom is 0.399 e. The van der Waals surface area contributed by atoms with Crippen LogP contribution in [-0.2, 0) is 45.5 Å². The van der Waals surface area contributed by atoms with Gasteiger partial charge in [-0.3, -0.25) is 48.2 Å². The molecule has 25 heteroatoms. The number of hydrogen-bond acceptors (Lipinski definition) is 10. The van der Waals surface area contributed by atoms with E-state index in [1.807, 2.05) is 66.7 Å². The molecule has 5 aromatic rings. The highest BCUT2D eigenvalue weighted by molar-refractivity contribution is 7.52. The predicted octanol–water partition coefficient (Wildman–Crippen LogP) is 4.69. The number of alkyl halides is 2. The monoisotopic (exact) mass is 1200 g/mol. The summed E-state index contributed by atoms with van der Waals surface area (Å²) in [6.07, 6.45) is 3.80. The maximum absolute atomic E-state index is 15.1. The number of carbonyl (C=O) groups is 9. The standard InChI is InChI=1S/C61H65F2N10O12P/c62-61(63,86(83,84)85)40-19-23-45-39(31-40)32-47(66-45)55(77)68-48-34-71(60(82)65-41-20-17-35(18-21-41)9-7-14-36-15-8-16-43-44(36)33-72(58(43)80)49-26-28-52(75)69-56(49)78)30-29-42-22-25-50(73(42)59(48)81)57(79)67-46(24-27-51(64)74)54(76)70-53(37-10-3-1-4-11-37)38-12-5-2-6-13-38/h1-6,8,10-13,15-16,19,23,31-32,35,41-42,46,48-50,53,66H,9,17-18,20-22,24-30,33-34H2,(H2,64,74)(H,65,82)(H,67,79)(H,68,77)(H,70,76)(H,69,75,78)(H2,83,84,85)/t35?,41?,42-,46?,48+,49?,50+/m1/s1. The van der Waals surface area contributed by atoms with Gasteiger partial charge in [-0.05, 0) is 111 Å². The Morgan fingerprint density at radius 3 is 2.20 bits per heavy atom. The molecular formula is C61H65F2N10O12P. The van der Waals surface area contributed by atoms with E-state index in [4.69, 9.17) is 5.73 Å². The van der Waals surface area contributed by atoms with Crippen molar-refractivity contribution in [3.63, 3.8) is 0 Å². The number of urea groups is 1. The van der Waals surface area contributed by atoms with Crippen molar-refractivity contribution in [2.45, 2.75) is 132 Å². The van der Waals surface area contributed by atoms with Gasteiger partial charge in [-0.15, -0.1) is 0 Å². The molecule has 1 aliphatic carbocycles. The lowest BCUT2D eigenvalue weighted by molar-refractivity contribution is -0.143. The smallest absolute Gasteiger partial charge is 0.370 e. The van der Waals surface area contributed by atoms with Crippen LogP contribution in [0.1, 0.15) is 132 Å². The molecule has 0 radical (unpaired) electrons. The molecule has 1 saturated carbocycles. The first-order chi connectivity index (χ1) is 41.1. The molecule has 0 bridgehead atoms. The first-order valence-electron chi connectivity index (χ1n) is 28.6. The maximum atomic E-state index is 15.1. The first-order valence-corrected chi connectivity index (χ1v) is 30.2. The lowest BCUT2D eigenvalue weighted by Crippen LogP contribution is -2.63. The van der Waals surface area contributed by atoms with Gasteiger partial charge in [0.25, 0.3) is 11.8 Å². The highest BCUT2D eigenvalue weighted by atomic mass is 31.2. The number of primary amides is 1. The van der Waals surface area contributed by atoms with Crippen molar-refractivity contribution < 1.29 is 66.3 Å². The summed E-state index contributed by atoms with van der Waals surface area (Å²) in [7, 11) is -5.94. The summed E-state index contributed by atoms with van der Waals surface area (Å²) < 4.78 is 41.3. The highest BCUT2D eigenvalue weighted by Crippen LogP contribution is 2.59. The van der Waals surface area contributed by atoms with Crippen LogP contribution in [0.5, 0.6) is 0 Å². The summed E-state index contributed by atoms with van der Waals surface area (Å²) in [5.41, 5.74) is 3.30. The number of nitrogens with one attached hydrogen (secondary N) is 6. The van der Waals surface area contributed by atoms with Crippen molar-refractivity contribution in [3.05, 3.63) is 142 Å². The SMILES string of the molecule is NC(=O)CCC(NC(=O)[C@@H]1CC[C@@H]2CCN(C(=O)NC3CCC(CC#Cc4cccc5c4CN(C4CCC(=O)NC4=O)C5=O)CC3)C[C@H](NC(=O)c3cc4cc(C(F)(F)P(=O)(O)O)ccc4[nH]3)C(=O)N21)C(=O)NC(c1ccccc1)c1ccccc1. The second-order valence-electron chi connectivity index (χ2n) is 22.6. The summed E-state index contributed by atoms with van der Waals surface area (Å²) in [6.45, 7) is -0.0939. The third-order valence-corrected chi connectivity index (χ3v) is 17.9. The van der Waals surface area contributed by atoms with Crippen LogP contribution in [0.4, 0.5) is 13.6 Å². The molecule has 4 aliphatic heterocycles. The zero-order valence-corrected chi connectivity index (χ0v) is 47.5. The van der Waals surface area contributed by atoms with E-state index < -0.39 is 96.5 Å². The molecule has 5 aliphatic rings. The minimum absolute atomic E-state index is 0.00481. The van der Waals surface area contributed by atoms with Gasteiger partial charge in [0, 0.05) is 72.0 Å². The Bertz CT molecular complexity index is 3560. The van der Waals surface area contributed by atoms with Gasteiger partial charge < -0.3 is 56.5 Å². The summed E-state index contributed by atoms with van der Waals surface area (Å²) in [5.74, 6) is 1.87. The molecule has 5 atom stereocenters. The zero-order chi connectivity index (χ0) is 61.0. The minimum atomic E-state index is -5.94. The first kappa shape index (κ1) is 60.3. The minimum Gasteiger partial charge on any atom is -0.370 e. The molecule has 10 amide bonds. The number of nitrogens with zero attached hydrogens (tertiary/aromatic N) is 3. The predicted molar refractivity (Wildman–Crippen MR) is 307 cm³/mol. The van der Waals surface area contributed by atoms with Crippen LogP contribution in [0.3, 0.4) is 0 Å². The summed E-state index contributed by atoms with van der Waals surface area (Å²) in [5, 5.41) is 13.9. The van der Waals surface area contributed by atoms with Gasteiger partial charge in [-0.2, -0.15) is 8.78 Å². The fraction of sp³-hybridized carbons (Fsp3) is 0.393. The van der Waals surface area contributed by atoms with Crippen LogP contribution in [0.2, 0.25) is 0 Å². The van der Waals surface area contributed by atoms with Gasteiger partial charge in [0.2, 0.25) is 35.4 Å². The quantitative estimate of drug-likeness (QED) is 0.0369. The number of aromatic amines is 1. The molecule has 0 spiro atoms. The second-order valence-corrected chi connectivity index (χ2v) is 24.2. The molecule has 1 aromatic heterocycles. The summed E-state index contributed by atoms with van der Waals surface area (Å²) in [4.78, 5) is 148. The number of piperidine rings is 1. The molecule has 3 saturated heterocycles. The van der Waals surface area contributed by atoms with E-state index >= 15 is 4.79 Å². The Labute approximate surface area is 492 Å². The van der Waals surface area contributed by atoms with Gasteiger partial charge in [-0.1, -0.05) is 84.6 Å². The Morgan fingerprint density at radius 1 is 0.814 bits per heavy atom. The second kappa shape index (κ2) is 25.4. The number of nitrogens with two attached hydrogens (primary N) is 1. The molecule has 2 unspecified atom stereocenters. The van der Waals surface area contributed by atoms with Crippen molar-refractivity contribution in [2.24, 2.45) is 11.7 Å². The fourth-order valence-corrected chi connectivity index (χ4v) is 12.7. The molecule has 22 nitrogen and oxygen atoms in total. The van der Waals surface area contributed by atoms with Gasteiger partial charge in [0.15, 0.2) is 0 Å². The number of imide groups is 1. The number of H-pyrrole nitrogens is 1. The number of fused-ring (bicyclic) bond motifs is 3. The topological polar surface area (TPSA) is 323 Å². The van der Waals surface area contributed by atoms with E-state index in [0.717, 1.165) is 47.7 Å².